The molecule has 0 fully saturated rings. The summed E-state index contributed by atoms with van der Waals surface area (Å²) in [6, 6.07) is 6.61. The van der Waals surface area contributed by atoms with E-state index in [4.69, 9.17) is 10.5 Å². The first kappa shape index (κ1) is 22.0. The smallest absolute Gasteiger partial charge is 0.269 e. The molecule has 5 rings (SSSR count). The zero-order valence-electron chi connectivity index (χ0n) is 18.8. The Morgan fingerprint density at radius 2 is 1.97 bits per heavy atom. The third-order valence-corrected chi connectivity index (χ3v) is 6.48. The molecule has 2 aromatic heterocycles. The van der Waals surface area contributed by atoms with Gasteiger partial charge < -0.3 is 15.6 Å². The Bertz CT molecular complexity index is 1200. The standard InChI is InChI=1S/C23H26N4O.C3H4O/c1-13-19(16-8-5-6-14-12-27(2)11-10-15(14)16)20-17-7-3-4-9-18(17)26-21(20)22(25-13)23(24)28;1-2-3-4/h5-6,8,26H,3-4,7,9-12H2,1-2H3,(H2,24,28);2-3H,1H2. The lowest BCUT2D eigenvalue weighted by Gasteiger charge is -2.27. The van der Waals surface area contributed by atoms with Crippen molar-refractivity contribution >= 4 is 23.1 Å². The molecule has 0 unspecified atom stereocenters. The van der Waals surface area contributed by atoms with E-state index in [0.717, 1.165) is 43.6 Å². The maximum atomic E-state index is 12.1. The molecule has 32 heavy (non-hydrogen) atoms. The van der Waals surface area contributed by atoms with Crippen molar-refractivity contribution in [1.29, 1.82) is 0 Å². The summed E-state index contributed by atoms with van der Waals surface area (Å²) in [6.07, 6.45) is 7.30. The zero-order chi connectivity index (χ0) is 22.8. The number of carbonyl (C=O) groups is 2. The second-order valence-corrected chi connectivity index (χ2v) is 8.63. The summed E-state index contributed by atoms with van der Waals surface area (Å²) in [4.78, 5) is 31.7. The van der Waals surface area contributed by atoms with Gasteiger partial charge in [0.05, 0.1) is 5.52 Å². The molecule has 2 aliphatic rings. The van der Waals surface area contributed by atoms with Gasteiger partial charge in [-0.2, -0.15) is 0 Å². The number of carbonyl (C=O) groups excluding carboxylic acids is 2. The van der Waals surface area contributed by atoms with Crippen LogP contribution in [0.25, 0.3) is 22.0 Å². The second kappa shape index (κ2) is 9.09. The molecule has 0 radical (unpaired) electrons. The number of nitrogens with two attached hydrogens (primary N) is 1. The van der Waals surface area contributed by atoms with Crippen molar-refractivity contribution in [3.05, 3.63) is 64.6 Å². The second-order valence-electron chi connectivity index (χ2n) is 8.63. The first-order valence-corrected chi connectivity index (χ1v) is 11.2. The van der Waals surface area contributed by atoms with E-state index >= 15 is 0 Å². The van der Waals surface area contributed by atoms with Crippen LogP contribution in [-0.2, 0) is 30.6 Å². The molecule has 1 aliphatic carbocycles. The third kappa shape index (κ3) is 3.86. The molecule has 1 amide bonds. The van der Waals surface area contributed by atoms with Gasteiger partial charge >= 0.3 is 0 Å². The summed E-state index contributed by atoms with van der Waals surface area (Å²) >= 11 is 0. The van der Waals surface area contributed by atoms with E-state index in [1.807, 2.05) is 6.92 Å². The average Bonchev–Trinajstić information content (AvgIpc) is 3.17. The van der Waals surface area contributed by atoms with Gasteiger partial charge in [-0.15, -0.1) is 0 Å². The van der Waals surface area contributed by atoms with Crippen LogP contribution in [0, 0.1) is 6.92 Å². The monoisotopic (exact) mass is 430 g/mol. The number of hydrogen-bond donors (Lipinski definition) is 2. The summed E-state index contributed by atoms with van der Waals surface area (Å²) in [6.45, 7) is 7.16. The molecule has 6 nitrogen and oxygen atoms in total. The highest BCUT2D eigenvalue weighted by Gasteiger charge is 2.26. The molecule has 1 aliphatic heterocycles. The summed E-state index contributed by atoms with van der Waals surface area (Å²) in [7, 11) is 2.17. The van der Waals surface area contributed by atoms with Crippen LogP contribution in [-0.4, -0.2) is 40.7 Å². The van der Waals surface area contributed by atoms with E-state index < -0.39 is 5.91 Å². The summed E-state index contributed by atoms with van der Waals surface area (Å²) in [5.74, 6) is -0.463. The van der Waals surface area contributed by atoms with Crippen LogP contribution in [0.4, 0.5) is 0 Å². The van der Waals surface area contributed by atoms with E-state index in [0.29, 0.717) is 12.0 Å². The predicted octanol–water partition coefficient (Wildman–Crippen LogP) is 3.88. The summed E-state index contributed by atoms with van der Waals surface area (Å²) in [5, 5.41) is 1.17. The normalized spacial score (nSPS) is 15.3. The van der Waals surface area contributed by atoms with Gasteiger partial charge in [0.15, 0.2) is 5.69 Å². The average molecular weight is 431 g/mol. The maximum absolute atomic E-state index is 12.1. The number of primary amides is 1. The lowest BCUT2D eigenvalue weighted by molar-refractivity contribution is -0.104. The minimum Gasteiger partial charge on any atom is -0.364 e. The highest BCUT2D eigenvalue weighted by Crippen LogP contribution is 2.41. The first-order valence-electron chi connectivity index (χ1n) is 11.2. The molecule has 3 heterocycles. The number of aromatic nitrogens is 2. The van der Waals surface area contributed by atoms with Gasteiger partial charge in [0.2, 0.25) is 0 Å². The van der Waals surface area contributed by atoms with Gasteiger partial charge in [-0.3, -0.25) is 9.59 Å². The van der Waals surface area contributed by atoms with Crippen LogP contribution in [0.15, 0.2) is 30.9 Å². The fraction of sp³-hybridized carbons (Fsp3) is 0.346. The molecule has 0 saturated heterocycles. The SMILES string of the molecule is C=CC=O.Cc1nc(C(N)=O)c2[nH]c3c(c2c1-c1cccc2c1CCN(C)C2)CCCC3. The Hall–Kier alpha value is -3.25. The number of hydrogen-bond acceptors (Lipinski definition) is 4. The zero-order valence-corrected chi connectivity index (χ0v) is 18.8. The maximum Gasteiger partial charge on any atom is 0.269 e. The highest BCUT2D eigenvalue weighted by molar-refractivity contribution is 6.10. The number of nitrogens with one attached hydrogen (secondary N) is 1. The quantitative estimate of drug-likeness (QED) is 0.487. The number of aldehydes is 1. The number of nitrogens with zero attached hydrogens (tertiary/aromatic N) is 2. The number of rotatable bonds is 3. The topological polar surface area (TPSA) is 92.1 Å². The van der Waals surface area contributed by atoms with Crippen molar-refractivity contribution in [1.82, 2.24) is 14.9 Å². The van der Waals surface area contributed by atoms with Gasteiger partial charge in [-0.05, 0) is 74.4 Å². The first-order chi connectivity index (χ1) is 15.5. The molecule has 1 aromatic carbocycles. The van der Waals surface area contributed by atoms with Gasteiger partial charge in [0.25, 0.3) is 5.91 Å². The van der Waals surface area contributed by atoms with Gasteiger partial charge in [-0.25, -0.2) is 4.98 Å². The molecule has 0 atom stereocenters. The lowest BCUT2D eigenvalue weighted by atomic mass is 9.86. The van der Waals surface area contributed by atoms with Gasteiger partial charge in [0, 0.05) is 35.4 Å². The Labute approximate surface area is 188 Å². The Morgan fingerprint density at radius 1 is 1.22 bits per heavy atom. The third-order valence-electron chi connectivity index (χ3n) is 6.48. The molecule has 0 spiro atoms. The molecule has 6 heteroatoms. The van der Waals surface area contributed by atoms with Crippen molar-refractivity contribution in [3.63, 3.8) is 0 Å². The summed E-state index contributed by atoms with van der Waals surface area (Å²) in [5.41, 5.74) is 15.6. The number of benzene rings is 1. The number of fused-ring (bicyclic) bond motifs is 4. The fourth-order valence-corrected chi connectivity index (χ4v) is 5.09. The van der Waals surface area contributed by atoms with Crippen LogP contribution >= 0.6 is 0 Å². The fourth-order valence-electron chi connectivity index (χ4n) is 5.09. The van der Waals surface area contributed by atoms with E-state index in [2.05, 4.69) is 46.7 Å². The Balaban J connectivity index is 0.000000567. The number of amides is 1. The number of pyridine rings is 1. The largest absolute Gasteiger partial charge is 0.364 e. The number of likely N-dealkylation sites (N-methyl/N-ethyl adjacent to an activating group) is 1. The van der Waals surface area contributed by atoms with Crippen molar-refractivity contribution < 1.29 is 9.59 Å². The van der Waals surface area contributed by atoms with Gasteiger partial charge in [-0.1, -0.05) is 24.8 Å². The molecule has 166 valence electrons. The minimum absolute atomic E-state index is 0.371. The number of aryl methyl sites for hydroxylation is 3. The number of allylic oxidation sites excluding steroid dienone is 1. The van der Waals surface area contributed by atoms with Gasteiger partial charge in [0.1, 0.15) is 6.29 Å². The molecule has 3 aromatic rings. The van der Waals surface area contributed by atoms with Crippen molar-refractivity contribution in [2.24, 2.45) is 5.73 Å². The lowest BCUT2D eigenvalue weighted by Crippen LogP contribution is -2.27. The van der Waals surface area contributed by atoms with E-state index in [9.17, 15) is 4.79 Å². The van der Waals surface area contributed by atoms with Crippen LogP contribution in [0.5, 0.6) is 0 Å². The van der Waals surface area contributed by atoms with Crippen LogP contribution in [0.3, 0.4) is 0 Å². The summed E-state index contributed by atoms with van der Waals surface area (Å²) < 4.78 is 0. The molecular weight excluding hydrogens is 400 g/mol. The van der Waals surface area contributed by atoms with Crippen molar-refractivity contribution in [2.45, 2.75) is 45.6 Å². The van der Waals surface area contributed by atoms with Crippen LogP contribution in [0.1, 0.15) is 51.4 Å². The number of aromatic amines is 1. The molecular formula is C26H30N4O2. The van der Waals surface area contributed by atoms with Crippen LogP contribution < -0.4 is 5.73 Å². The predicted molar refractivity (Wildman–Crippen MR) is 128 cm³/mol. The molecule has 3 N–H and O–H groups in total. The van der Waals surface area contributed by atoms with Crippen LogP contribution in [0.2, 0.25) is 0 Å². The van der Waals surface area contributed by atoms with E-state index in [-0.39, 0.29) is 0 Å². The van der Waals surface area contributed by atoms with Crippen molar-refractivity contribution in [2.75, 3.05) is 13.6 Å². The van der Waals surface area contributed by atoms with E-state index in [1.165, 1.54) is 57.8 Å². The molecule has 0 saturated carbocycles. The van der Waals surface area contributed by atoms with Crippen molar-refractivity contribution in [3.8, 4) is 11.1 Å². The minimum atomic E-state index is -0.463. The number of H-pyrrole nitrogens is 1. The highest BCUT2D eigenvalue weighted by atomic mass is 16.1. The Kier molecular flexibility index (Phi) is 6.24. The van der Waals surface area contributed by atoms with E-state index in [1.54, 1.807) is 0 Å². The Morgan fingerprint density at radius 3 is 2.69 bits per heavy atom. The molecule has 0 bridgehead atoms.